The van der Waals surface area contributed by atoms with Gasteiger partial charge >= 0.3 is 0 Å². The Hall–Kier alpha value is -1.39. The third-order valence-electron chi connectivity index (χ3n) is 2.77. The minimum Gasteiger partial charge on any atom is -0.460 e. The number of hydrogen-bond acceptors (Lipinski definition) is 3. The molecule has 0 aliphatic rings. The zero-order valence-corrected chi connectivity index (χ0v) is 9.82. The summed E-state index contributed by atoms with van der Waals surface area (Å²) in [6, 6.07) is 6.33. The third-order valence-corrected chi connectivity index (χ3v) is 2.77. The lowest BCUT2D eigenvalue weighted by molar-refractivity contribution is 0.188. The number of benzene rings is 1. The normalized spacial score (nSPS) is 11.5. The van der Waals surface area contributed by atoms with Crippen LogP contribution in [-0.4, -0.2) is 29.7 Å². The Morgan fingerprint density at radius 3 is 2.88 bits per heavy atom. The van der Waals surface area contributed by atoms with Crippen LogP contribution in [0.4, 0.5) is 4.39 Å². The second kappa shape index (κ2) is 5.29. The van der Waals surface area contributed by atoms with Crippen molar-refractivity contribution >= 4 is 11.0 Å². The first-order valence-electron chi connectivity index (χ1n) is 5.74. The van der Waals surface area contributed by atoms with Crippen molar-refractivity contribution in [3.8, 4) is 0 Å². The van der Waals surface area contributed by atoms with Crippen molar-refractivity contribution in [3.63, 3.8) is 0 Å². The minimum atomic E-state index is -0.257. The van der Waals surface area contributed by atoms with Gasteiger partial charge in [0.1, 0.15) is 17.2 Å². The molecule has 0 saturated heterocycles. The van der Waals surface area contributed by atoms with Crippen molar-refractivity contribution < 1.29 is 13.9 Å². The molecule has 0 saturated carbocycles. The van der Waals surface area contributed by atoms with Crippen LogP contribution in [0, 0.1) is 5.82 Å². The topological polar surface area (TPSA) is 36.6 Å². The van der Waals surface area contributed by atoms with Gasteiger partial charge < -0.3 is 9.52 Å². The number of hydrogen-bond donors (Lipinski definition) is 1. The fourth-order valence-electron chi connectivity index (χ4n) is 1.86. The summed E-state index contributed by atoms with van der Waals surface area (Å²) in [4.78, 5) is 2.06. The SMILES string of the molecule is CCN(CCO)Cc1cc2cc(F)ccc2o1. The lowest BCUT2D eigenvalue weighted by atomic mass is 10.2. The van der Waals surface area contributed by atoms with Crippen LogP contribution in [0.3, 0.4) is 0 Å². The first-order chi connectivity index (χ1) is 8.22. The molecule has 0 fully saturated rings. The molecule has 0 bridgehead atoms. The molecule has 0 aliphatic carbocycles. The Kier molecular flexibility index (Phi) is 3.76. The van der Waals surface area contributed by atoms with Crippen molar-refractivity contribution in [1.29, 1.82) is 0 Å². The van der Waals surface area contributed by atoms with Gasteiger partial charge in [0, 0.05) is 11.9 Å². The summed E-state index contributed by atoms with van der Waals surface area (Å²) in [5, 5.41) is 9.68. The number of halogens is 1. The molecular weight excluding hydrogens is 221 g/mol. The predicted octanol–water partition coefficient (Wildman–Crippen LogP) is 2.39. The monoisotopic (exact) mass is 237 g/mol. The zero-order valence-electron chi connectivity index (χ0n) is 9.82. The van der Waals surface area contributed by atoms with Crippen LogP contribution in [0.25, 0.3) is 11.0 Å². The number of fused-ring (bicyclic) bond motifs is 1. The van der Waals surface area contributed by atoms with Crippen molar-refractivity contribution in [3.05, 3.63) is 35.8 Å². The molecule has 0 radical (unpaired) electrons. The molecule has 0 unspecified atom stereocenters. The molecule has 4 heteroatoms. The lowest BCUT2D eigenvalue weighted by Crippen LogP contribution is -2.25. The number of furan rings is 1. The van der Waals surface area contributed by atoms with Crippen molar-refractivity contribution in [2.75, 3.05) is 19.7 Å². The quantitative estimate of drug-likeness (QED) is 0.867. The molecule has 0 aliphatic heterocycles. The molecule has 0 spiro atoms. The van der Waals surface area contributed by atoms with E-state index in [1.807, 2.05) is 13.0 Å². The van der Waals surface area contributed by atoms with Crippen LogP contribution in [0.1, 0.15) is 12.7 Å². The number of nitrogens with zero attached hydrogens (tertiary/aromatic N) is 1. The van der Waals surface area contributed by atoms with E-state index in [9.17, 15) is 4.39 Å². The van der Waals surface area contributed by atoms with Gasteiger partial charge in [-0.15, -0.1) is 0 Å². The molecule has 1 aromatic carbocycles. The van der Waals surface area contributed by atoms with Crippen molar-refractivity contribution in [2.24, 2.45) is 0 Å². The van der Waals surface area contributed by atoms with E-state index in [0.29, 0.717) is 18.7 Å². The van der Waals surface area contributed by atoms with Crippen LogP contribution in [0.2, 0.25) is 0 Å². The van der Waals surface area contributed by atoms with Crippen LogP contribution < -0.4 is 0 Å². The number of rotatable bonds is 5. The third kappa shape index (κ3) is 2.84. The molecule has 0 atom stereocenters. The van der Waals surface area contributed by atoms with E-state index in [2.05, 4.69) is 4.90 Å². The number of aliphatic hydroxyl groups excluding tert-OH is 1. The summed E-state index contributed by atoms with van der Waals surface area (Å²) in [5.74, 6) is 0.536. The maximum Gasteiger partial charge on any atom is 0.134 e. The average Bonchev–Trinajstić information content (AvgIpc) is 2.69. The van der Waals surface area contributed by atoms with Gasteiger partial charge in [0.05, 0.1) is 13.2 Å². The molecule has 92 valence electrons. The standard InChI is InChI=1S/C13H16FNO2/c1-2-15(5-6-16)9-12-8-10-7-11(14)3-4-13(10)17-12/h3-4,7-8,16H,2,5-6,9H2,1H3. The van der Waals surface area contributed by atoms with Crippen LogP contribution >= 0.6 is 0 Å². The number of aliphatic hydroxyl groups is 1. The Balaban J connectivity index is 2.18. The highest BCUT2D eigenvalue weighted by molar-refractivity contribution is 5.77. The first kappa shape index (κ1) is 12.1. The molecule has 1 N–H and O–H groups in total. The molecule has 17 heavy (non-hydrogen) atoms. The van der Waals surface area contributed by atoms with Crippen molar-refractivity contribution in [1.82, 2.24) is 4.90 Å². The molecular formula is C13H16FNO2. The average molecular weight is 237 g/mol. The molecule has 0 amide bonds. The Labute approximate surface area is 99.5 Å². The Morgan fingerprint density at radius 1 is 1.35 bits per heavy atom. The van der Waals surface area contributed by atoms with Gasteiger partial charge in [-0.3, -0.25) is 4.90 Å². The fraction of sp³-hybridized carbons (Fsp3) is 0.385. The van der Waals surface area contributed by atoms with E-state index >= 15 is 0 Å². The highest BCUT2D eigenvalue weighted by Crippen LogP contribution is 2.21. The molecule has 1 aromatic heterocycles. The smallest absolute Gasteiger partial charge is 0.134 e. The van der Waals surface area contributed by atoms with Crippen molar-refractivity contribution in [2.45, 2.75) is 13.5 Å². The van der Waals surface area contributed by atoms with E-state index < -0.39 is 0 Å². The lowest BCUT2D eigenvalue weighted by Gasteiger charge is -2.16. The fourth-order valence-corrected chi connectivity index (χ4v) is 1.86. The van der Waals surface area contributed by atoms with E-state index in [-0.39, 0.29) is 12.4 Å². The van der Waals surface area contributed by atoms with E-state index in [4.69, 9.17) is 9.52 Å². The molecule has 3 nitrogen and oxygen atoms in total. The van der Waals surface area contributed by atoms with Crippen LogP contribution in [0.5, 0.6) is 0 Å². The summed E-state index contributed by atoms with van der Waals surface area (Å²) in [7, 11) is 0. The maximum atomic E-state index is 13.0. The first-order valence-corrected chi connectivity index (χ1v) is 5.74. The van der Waals surface area contributed by atoms with Gasteiger partial charge in [0.25, 0.3) is 0 Å². The van der Waals surface area contributed by atoms with Gasteiger partial charge in [-0.05, 0) is 30.8 Å². The summed E-state index contributed by atoms with van der Waals surface area (Å²) in [6.45, 7) is 4.24. The number of likely N-dealkylation sites (N-methyl/N-ethyl adjacent to an activating group) is 1. The summed E-state index contributed by atoms with van der Waals surface area (Å²) in [6.07, 6.45) is 0. The second-order valence-electron chi connectivity index (χ2n) is 3.99. The summed E-state index contributed by atoms with van der Waals surface area (Å²) >= 11 is 0. The predicted molar refractivity (Wildman–Crippen MR) is 64.2 cm³/mol. The molecule has 1 heterocycles. The molecule has 2 aromatic rings. The van der Waals surface area contributed by atoms with Crippen LogP contribution in [0.15, 0.2) is 28.7 Å². The summed E-state index contributed by atoms with van der Waals surface area (Å²) < 4.78 is 18.6. The van der Waals surface area contributed by atoms with Gasteiger partial charge in [-0.2, -0.15) is 0 Å². The van der Waals surface area contributed by atoms with Gasteiger partial charge in [0.2, 0.25) is 0 Å². The summed E-state index contributed by atoms with van der Waals surface area (Å²) in [5.41, 5.74) is 0.696. The minimum absolute atomic E-state index is 0.128. The Bertz CT molecular complexity index is 495. The van der Waals surface area contributed by atoms with Gasteiger partial charge in [-0.1, -0.05) is 6.92 Å². The Morgan fingerprint density at radius 2 is 2.18 bits per heavy atom. The second-order valence-corrected chi connectivity index (χ2v) is 3.99. The van der Waals surface area contributed by atoms with E-state index in [1.165, 1.54) is 12.1 Å². The van der Waals surface area contributed by atoms with Gasteiger partial charge in [-0.25, -0.2) is 4.39 Å². The van der Waals surface area contributed by atoms with Gasteiger partial charge in [0.15, 0.2) is 0 Å². The van der Waals surface area contributed by atoms with E-state index in [0.717, 1.165) is 17.7 Å². The largest absolute Gasteiger partial charge is 0.460 e. The van der Waals surface area contributed by atoms with E-state index in [1.54, 1.807) is 6.07 Å². The highest BCUT2D eigenvalue weighted by Gasteiger charge is 2.08. The highest BCUT2D eigenvalue weighted by atomic mass is 19.1. The zero-order chi connectivity index (χ0) is 12.3. The maximum absolute atomic E-state index is 13.0. The van der Waals surface area contributed by atoms with Crippen LogP contribution in [-0.2, 0) is 6.54 Å². The molecule has 2 rings (SSSR count).